The summed E-state index contributed by atoms with van der Waals surface area (Å²) in [6, 6.07) is 5.25. The van der Waals surface area contributed by atoms with Crippen molar-refractivity contribution in [2.24, 2.45) is 0 Å². The lowest BCUT2D eigenvalue weighted by atomic mass is 10.2. The minimum Gasteiger partial charge on any atom is -0.396 e. The molecule has 0 saturated carbocycles. The second kappa shape index (κ2) is 8.20. The Morgan fingerprint density at radius 3 is 2.68 bits per heavy atom. The van der Waals surface area contributed by atoms with Gasteiger partial charge in [-0.1, -0.05) is 6.07 Å². The molecular weight excluding hydrogens is 251 g/mol. The zero-order valence-corrected chi connectivity index (χ0v) is 10.5. The third-order valence-electron chi connectivity index (χ3n) is 2.40. The van der Waals surface area contributed by atoms with Crippen molar-refractivity contribution in [3.8, 4) is 0 Å². The van der Waals surface area contributed by atoms with Crippen LogP contribution in [0.1, 0.15) is 23.2 Å². The molecule has 0 aliphatic rings. The Morgan fingerprint density at radius 2 is 2.00 bits per heavy atom. The summed E-state index contributed by atoms with van der Waals surface area (Å²) in [5, 5.41) is 13.6. The fourth-order valence-electron chi connectivity index (χ4n) is 1.42. The van der Waals surface area contributed by atoms with Crippen LogP contribution >= 0.6 is 0 Å². The smallest absolute Gasteiger partial charge is 0.251 e. The molecule has 0 aromatic heterocycles. The van der Waals surface area contributed by atoms with Gasteiger partial charge in [-0.15, -0.1) is 0 Å². The van der Waals surface area contributed by atoms with Gasteiger partial charge in [0.1, 0.15) is 5.82 Å². The summed E-state index contributed by atoms with van der Waals surface area (Å²) in [7, 11) is 0. The maximum atomic E-state index is 12.9. The van der Waals surface area contributed by atoms with E-state index in [0.717, 1.165) is 6.07 Å². The highest BCUT2D eigenvalue weighted by Gasteiger charge is 2.08. The molecule has 0 spiro atoms. The molecule has 0 radical (unpaired) electrons. The van der Waals surface area contributed by atoms with Gasteiger partial charge in [-0.3, -0.25) is 9.59 Å². The molecular formula is C13H17FN2O3. The average molecular weight is 268 g/mol. The standard InChI is InChI=1S/C13H17FN2O3/c14-11-5-3-4-10(8-11)13(19)16-9-12(18)15-6-1-2-7-17/h3-5,8,17H,1-2,6-7,9H2,(H,15,18)(H,16,19). The van der Waals surface area contributed by atoms with E-state index in [9.17, 15) is 14.0 Å². The zero-order valence-electron chi connectivity index (χ0n) is 10.5. The van der Waals surface area contributed by atoms with Crippen LogP contribution in [0.4, 0.5) is 4.39 Å². The number of aliphatic hydroxyl groups is 1. The minimum atomic E-state index is -0.499. The third-order valence-corrected chi connectivity index (χ3v) is 2.40. The van der Waals surface area contributed by atoms with Crippen LogP contribution < -0.4 is 10.6 Å². The van der Waals surface area contributed by atoms with Crippen LogP contribution in [0.3, 0.4) is 0 Å². The number of unbranched alkanes of at least 4 members (excludes halogenated alkanes) is 1. The molecule has 19 heavy (non-hydrogen) atoms. The van der Waals surface area contributed by atoms with Gasteiger partial charge in [0.05, 0.1) is 6.54 Å². The zero-order chi connectivity index (χ0) is 14.1. The van der Waals surface area contributed by atoms with Crippen molar-refractivity contribution in [3.05, 3.63) is 35.6 Å². The summed E-state index contributed by atoms with van der Waals surface area (Å²) in [4.78, 5) is 22.9. The van der Waals surface area contributed by atoms with Crippen LogP contribution in [0, 0.1) is 5.82 Å². The SMILES string of the molecule is O=C(CNC(=O)c1cccc(F)c1)NCCCCO. The first kappa shape index (κ1) is 15.1. The summed E-state index contributed by atoms with van der Waals surface area (Å²) in [6.45, 7) is 0.385. The lowest BCUT2D eigenvalue weighted by molar-refractivity contribution is -0.120. The quantitative estimate of drug-likeness (QED) is 0.628. The molecule has 104 valence electrons. The van der Waals surface area contributed by atoms with Crippen molar-refractivity contribution >= 4 is 11.8 Å². The average Bonchev–Trinajstić information content (AvgIpc) is 2.41. The number of rotatable bonds is 7. The molecule has 0 bridgehead atoms. The van der Waals surface area contributed by atoms with E-state index in [1.807, 2.05) is 0 Å². The lowest BCUT2D eigenvalue weighted by Gasteiger charge is -2.06. The molecule has 0 atom stereocenters. The van der Waals surface area contributed by atoms with E-state index in [0.29, 0.717) is 19.4 Å². The van der Waals surface area contributed by atoms with Crippen LogP contribution in [-0.4, -0.2) is 36.6 Å². The highest BCUT2D eigenvalue weighted by atomic mass is 19.1. The molecule has 2 amide bonds. The highest BCUT2D eigenvalue weighted by Crippen LogP contribution is 2.02. The Hall–Kier alpha value is -1.95. The van der Waals surface area contributed by atoms with E-state index >= 15 is 0 Å². The number of amides is 2. The van der Waals surface area contributed by atoms with Crippen molar-refractivity contribution in [2.45, 2.75) is 12.8 Å². The topological polar surface area (TPSA) is 78.4 Å². The Balaban J connectivity index is 2.28. The third kappa shape index (κ3) is 5.96. The van der Waals surface area contributed by atoms with Crippen LogP contribution in [0.25, 0.3) is 0 Å². The molecule has 6 heteroatoms. The van der Waals surface area contributed by atoms with Gasteiger partial charge in [0, 0.05) is 18.7 Å². The normalized spacial score (nSPS) is 10.0. The Bertz CT molecular complexity index is 438. The van der Waals surface area contributed by atoms with Crippen molar-refractivity contribution in [1.82, 2.24) is 10.6 Å². The molecule has 3 N–H and O–H groups in total. The van der Waals surface area contributed by atoms with Gasteiger partial charge < -0.3 is 15.7 Å². The summed E-state index contributed by atoms with van der Waals surface area (Å²) >= 11 is 0. The number of hydrogen-bond donors (Lipinski definition) is 3. The molecule has 0 fully saturated rings. The maximum absolute atomic E-state index is 12.9. The van der Waals surface area contributed by atoms with Crippen LogP contribution in [0.15, 0.2) is 24.3 Å². The van der Waals surface area contributed by atoms with E-state index in [4.69, 9.17) is 5.11 Å². The molecule has 1 rings (SSSR count). The highest BCUT2D eigenvalue weighted by molar-refractivity contribution is 5.96. The predicted octanol–water partition coefficient (Wildman–Crippen LogP) is 0.444. The van der Waals surface area contributed by atoms with Crippen molar-refractivity contribution < 1.29 is 19.1 Å². The molecule has 1 aromatic carbocycles. The first-order chi connectivity index (χ1) is 9.13. The van der Waals surface area contributed by atoms with Crippen molar-refractivity contribution in [3.63, 3.8) is 0 Å². The fourth-order valence-corrected chi connectivity index (χ4v) is 1.42. The fraction of sp³-hybridized carbons (Fsp3) is 0.385. The van der Waals surface area contributed by atoms with Gasteiger partial charge in [-0.05, 0) is 31.0 Å². The summed E-state index contributed by atoms with van der Waals surface area (Å²) in [5.74, 6) is -1.31. The Kier molecular flexibility index (Phi) is 6.52. The summed E-state index contributed by atoms with van der Waals surface area (Å²) in [6.07, 6.45) is 1.30. The minimum absolute atomic E-state index is 0.0895. The first-order valence-electron chi connectivity index (χ1n) is 6.05. The number of benzene rings is 1. The maximum Gasteiger partial charge on any atom is 0.251 e. The molecule has 0 heterocycles. The van der Waals surface area contributed by atoms with E-state index in [1.54, 1.807) is 0 Å². The Morgan fingerprint density at radius 1 is 1.21 bits per heavy atom. The van der Waals surface area contributed by atoms with Crippen molar-refractivity contribution in [1.29, 1.82) is 0 Å². The van der Waals surface area contributed by atoms with E-state index < -0.39 is 11.7 Å². The molecule has 1 aromatic rings. The van der Waals surface area contributed by atoms with Crippen molar-refractivity contribution in [2.75, 3.05) is 19.7 Å². The number of carbonyl (C=O) groups is 2. The number of aliphatic hydroxyl groups excluding tert-OH is 1. The number of carbonyl (C=O) groups excluding carboxylic acids is 2. The van der Waals surface area contributed by atoms with Gasteiger partial charge in [0.2, 0.25) is 5.91 Å². The largest absolute Gasteiger partial charge is 0.396 e. The van der Waals surface area contributed by atoms with E-state index in [1.165, 1.54) is 18.2 Å². The number of halogens is 1. The van der Waals surface area contributed by atoms with Crippen LogP contribution in [0.5, 0.6) is 0 Å². The van der Waals surface area contributed by atoms with Crippen LogP contribution in [0.2, 0.25) is 0 Å². The van der Waals surface area contributed by atoms with E-state index in [2.05, 4.69) is 10.6 Å². The second-order valence-electron chi connectivity index (χ2n) is 3.97. The van der Waals surface area contributed by atoms with E-state index in [-0.39, 0.29) is 24.6 Å². The number of nitrogens with one attached hydrogen (secondary N) is 2. The lowest BCUT2D eigenvalue weighted by Crippen LogP contribution is -2.37. The molecule has 0 aliphatic carbocycles. The van der Waals surface area contributed by atoms with Gasteiger partial charge in [0.25, 0.3) is 5.91 Å². The molecule has 0 aliphatic heterocycles. The van der Waals surface area contributed by atoms with Crippen LogP contribution in [-0.2, 0) is 4.79 Å². The molecule has 5 nitrogen and oxygen atoms in total. The van der Waals surface area contributed by atoms with Gasteiger partial charge in [0.15, 0.2) is 0 Å². The summed E-state index contributed by atoms with van der Waals surface area (Å²) < 4.78 is 12.9. The van der Waals surface area contributed by atoms with Gasteiger partial charge in [-0.25, -0.2) is 4.39 Å². The molecule has 0 unspecified atom stereocenters. The summed E-state index contributed by atoms with van der Waals surface area (Å²) in [5.41, 5.74) is 0.174. The second-order valence-corrected chi connectivity index (χ2v) is 3.97. The Labute approximate surface area is 110 Å². The van der Waals surface area contributed by atoms with Gasteiger partial charge >= 0.3 is 0 Å². The van der Waals surface area contributed by atoms with Gasteiger partial charge in [-0.2, -0.15) is 0 Å². The monoisotopic (exact) mass is 268 g/mol. The number of hydrogen-bond acceptors (Lipinski definition) is 3. The molecule has 0 saturated heterocycles. The predicted molar refractivity (Wildman–Crippen MR) is 68.1 cm³/mol. The first-order valence-corrected chi connectivity index (χ1v) is 6.05.